The Morgan fingerprint density at radius 2 is 2.11 bits per heavy atom. The van der Waals surface area contributed by atoms with Gasteiger partial charge in [-0.15, -0.1) is 0 Å². The molecule has 18 heavy (non-hydrogen) atoms. The van der Waals surface area contributed by atoms with Crippen LogP contribution in [0.15, 0.2) is 22.7 Å². The standard InChI is InChI=1S/C14H18BrFOS/c15-14-9-12(16)2-1-11(14)8-13(17)7-10-3-5-18-6-4-10/h1-2,9-10,13,17H,3-8H2. The monoisotopic (exact) mass is 332 g/mol. The van der Waals surface area contributed by atoms with Gasteiger partial charge in [-0.25, -0.2) is 4.39 Å². The number of rotatable bonds is 4. The molecule has 1 aliphatic heterocycles. The average molecular weight is 333 g/mol. The third-order valence-corrected chi connectivity index (χ3v) is 5.20. The van der Waals surface area contributed by atoms with Crippen LogP contribution in [-0.2, 0) is 6.42 Å². The number of halogens is 2. The molecule has 0 spiro atoms. The van der Waals surface area contributed by atoms with E-state index in [2.05, 4.69) is 15.9 Å². The van der Waals surface area contributed by atoms with Crippen LogP contribution in [0.3, 0.4) is 0 Å². The predicted molar refractivity (Wildman–Crippen MR) is 78.5 cm³/mol. The topological polar surface area (TPSA) is 20.2 Å². The number of aliphatic hydroxyl groups excluding tert-OH is 1. The predicted octanol–water partition coefficient (Wildman–Crippen LogP) is 4.02. The highest BCUT2D eigenvalue weighted by molar-refractivity contribution is 9.10. The molecule has 1 aromatic carbocycles. The van der Waals surface area contributed by atoms with Crippen molar-refractivity contribution in [3.8, 4) is 0 Å². The zero-order valence-electron chi connectivity index (χ0n) is 10.2. The summed E-state index contributed by atoms with van der Waals surface area (Å²) in [5.41, 5.74) is 0.981. The fraction of sp³-hybridized carbons (Fsp3) is 0.571. The minimum absolute atomic E-state index is 0.246. The Labute approximate surface area is 120 Å². The lowest BCUT2D eigenvalue weighted by molar-refractivity contribution is 0.139. The van der Waals surface area contributed by atoms with E-state index in [4.69, 9.17) is 0 Å². The Kier molecular flexibility index (Phi) is 5.52. The highest BCUT2D eigenvalue weighted by atomic mass is 79.9. The van der Waals surface area contributed by atoms with Gasteiger partial charge in [0.15, 0.2) is 0 Å². The quantitative estimate of drug-likeness (QED) is 0.898. The maximum Gasteiger partial charge on any atom is 0.124 e. The molecule has 0 amide bonds. The van der Waals surface area contributed by atoms with E-state index in [1.807, 2.05) is 11.8 Å². The summed E-state index contributed by atoms with van der Waals surface area (Å²) < 4.78 is 13.7. The molecule has 1 N–H and O–H groups in total. The fourth-order valence-corrected chi connectivity index (χ4v) is 4.11. The van der Waals surface area contributed by atoms with Crippen molar-refractivity contribution in [2.75, 3.05) is 11.5 Å². The lowest BCUT2D eigenvalue weighted by Gasteiger charge is -2.24. The van der Waals surface area contributed by atoms with Crippen molar-refractivity contribution in [3.63, 3.8) is 0 Å². The number of benzene rings is 1. The number of hydrogen-bond donors (Lipinski definition) is 1. The van der Waals surface area contributed by atoms with Gasteiger partial charge in [0.2, 0.25) is 0 Å². The van der Waals surface area contributed by atoms with Gasteiger partial charge < -0.3 is 5.11 Å². The summed E-state index contributed by atoms with van der Waals surface area (Å²) in [6.07, 6.45) is 3.58. The number of hydrogen-bond acceptors (Lipinski definition) is 2. The average Bonchev–Trinajstić information content (AvgIpc) is 2.34. The molecule has 1 heterocycles. The minimum atomic E-state index is -0.320. The summed E-state index contributed by atoms with van der Waals surface area (Å²) >= 11 is 5.35. The molecule has 0 bridgehead atoms. The largest absolute Gasteiger partial charge is 0.393 e. The molecule has 1 atom stereocenters. The van der Waals surface area contributed by atoms with Gasteiger partial charge in [0.25, 0.3) is 0 Å². The maximum absolute atomic E-state index is 13.0. The van der Waals surface area contributed by atoms with Crippen LogP contribution in [0.25, 0.3) is 0 Å². The number of aliphatic hydroxyl groups is 1. The first kappa shape index (κ1) is 14.4. The van der Waals surface area contributed by atoms with Gasteiger partial charge in [-0.05, 0) is 60.8 Å². The van der Waals surface area contributed by atoms with E-state index in [1.165, 1.54) is 36.5 Å². The first-order valence-electron chi connectivity index (χ1n) is 6.35. The Hall–Kier alpha value is -0.0600. The molecule has 1 unspecified atom stereocenters. The number of thioether (sulfide) groups is 1. The van der Waals surface area contributed by atoms with Gasteiger partial charge in [0.1, 0.15) is 5.82 Å². The lowest BCUT2D eigenvalue weighted by Crippen LogP contribution is -2.19. The van der Waals surface area contributed by atoms with Gasteiger partial charge in [-0.3, -0.25) is 0 Å². The molecule has 1 nitrogen and oxygen atoms in total. The van der Waals surface area contributed by atoms with Gasteiger partial charge in [-0.1, -0.05) is 22.0 Å². The van der Waals surface area contributed by atoms with Crippen LogP contribution in [0.4, 0.5) is 4.39 Å². The zero-order valence-corrected chi connectivity index (χ0v) is 12.6. The Morgan fingerprint density at radius 3 is 2.78 bits per heavy atom. The van der Waals surface area contributed by atoms with E-state index in [1.54, 1.807) is 6.07 Å². The summed E-state index contributed by atoms with van der Waals surface area (Å²) in [6, 6.07) is 4.66. The van der Waals surface area contributed by atoms with Crippen molar-refractivity contribution >= 4 is 27.7 Å². The van der Waals surface area contributed by atoms with E-state index < -0.39 is 0 Å². The molecule has 0 saturated carbocycles. The van der Waals surface area contributed by atoms with Crippen LogP contribution in [0.2, 0.25) is 0 Å². The molecular formula is C14H18BrFOS. The highest BCUT2D eigenvalue weighted by Crippen LogP contribution is 2.28. The maximum atomic E-state index is 13.0. The fourth-order valence-electron chi connectivity index (χ4n) is 2.39. The van der Waals surface area contributed by atoms with Crippen molar-refractivity contribution < 1.29 is 9.50 Å². The molecular weight excluding hydrogens is 315 g/mol. The molecule has 4 heteroatoms. The smallest absolute Gasteiger partial charge is 0.124 e. The zero-order chi connectivity index (χ0) is 13.0. The summed E-state index contributed by atoms with van der Waals surface area (Å²) in [7, 11) is 0. The first-order chi connectivity index (χ1) is 8.65. The van der Waals surface area contributed by atoms with E-state index in [0.717, 1.165) is 16.5 Å². The second-order valence-corrected chi connectivity index (χ2v) is 6.96. The third kappa shape index (κ3) is 4.25. The summed E-state index contributed by atoms with van der Waals surface area (Å²) in [4.78, 5) is 0. The first-order valence-corrected chi connectivity index (χ1v) is 8.29. The molecule has 1 aliphatic rings. The van der Waals surface area contributed by atoms with Crippen molar-refractivity contribution in [1.82, 2.24) is 0 Å². The molecule has 0 radical (unpaired) electrons. The second kappa shape index (κ2) is 6.92. The molecule has 2 rings (SSSR count). The molecule has 100 valence electrons. The molecule has 1 aromatic rings. The van der Waals surface area contributed by atoms with Crippen LogP contribution in [-0.4, -0.2) is 22.7 Å². The minimum Gasteiger partial charge on any atom is -0.393 e. The Morgan fingerprint density at radius 1 is 1.39 bits per heavy atom. The van der Waals surface area contributed by atoms with E-state index in [0.29, 0.717) is 12.3 Å². The van der Waals surface area contributed by atoms with Gasteiger partial charge in [0, 0.05) is 4.47 Å². The normalized spacial score (nSPS) is 18.8. The SMILES string of the molecule is OC(Cc1ccc(F)cc1Br)CC1CCSCC1. The van der Waals surface area contributed by atoms with Crippen LogP contribution in [0.1, 0.15) is 24.8 Å². The molecule has 0 aromatic heterocycles. The molecule has 1 fully saturated rings. The molecule has 0 aliphatic carbocycles. The molecule has 1 saturated heterocycles. The van der Waals surface area contributed by atoms with Crippen LogP contribution < -0.4 is 0 Å². The van der Waals surface area contributed by atoms with E-state index in [9.17, 15) is 9.50 Å². The Balaban J connectivity index is 1.87. The highest BCUT2D eigenvalue weighted by Gasteiger charge is 2.18. The van der Waals surface area contributed by atoms with Gasteiger partial charge >= 0.3 is 0 Å². The van der Waals surface area contributed by atoms with Crippen molar-refractivity contribution in [2.24, 2.45) is 5.92 Å². The second-order valence-electron chi connectivity index (χ2n) is 4.89. The van der Waals surface area contributed by atoms with Crippen molar-refractivity contribution in [2.45, 2.75) is 31.8 Å². The van der Waals surface area contributed by atoms with Crippen molar-refractivity contribution in [3.05, 3.63) is 34.1 Å². The van der Waals surface area contributed by atoms with Crippen LogP contribution in [0.5, 0.6) is 0 Å². The summed E-state index contributed by atoms with van der Waals surface area (Å²) in [6.45, 7) is 0. The summed E-state index contributed by atoms with van der Waals surface area (Å²) in [5, 5.41) is 10.1. The van der Waals surface area contributed by atoms with Crippen LogP contribution >= 0.6 is 27.7 Å². The van der Waals surface area contributed by atoms with Gasteiger partial charge in [-0.2, -0.15) is 11.8 Å². The summed E-state index contributed by atoms with van der Waals surface area (Å²) in [5.74, 6) is 2.85. The Bertz CT molecular complexity index is 393. The van der Waals surface area contributed by atoms with Crippen LogP contribution in [0, 0.1) is 11.7 Å². The van der Waals surface area contributed by atoms with Gasteiger partial charge in [0.05, 0.1) is 6.10 Å². The lowest BCUT2D eigenvalue weighted by atomic mass is 9.93. The third-order valence-electron chi connectivity index (χ3n) is 3.42. The van der Waals surface area contributed by atoms with E-state index in [-0.39, 0.29) is 11.9 Å². The van der Waals surface area contributed by atoms with E-state index >= 15 is 0 Å². The van der Waals surface area contributed by atoms with Crippen molar-refractivity contribution in [1.29, 1.82) is 0 Å².